The highest BCUT2D eigenvalue weighted by atomic mass is 35.5. The fourth-order valence-corrected chi connectivity index (χ4v) is 1.89. The van der Waals surface area contributed by atoms with Crippen LogP contribution in [0.3, 0.4) is 0 Å². The molecule has 0 unspecified atom stereocenters. The van der Waals surface area contributed by atoms with Gasteiger partial charge in [0.1, 0.15) is 16.8 Å². The van der Waals surface area contributed by atoms with Gasteiger partial charge in [0.25, 0.3) is 0 Å². The van der Waals surface area contributed by atoms with E-state index in [1.54, 1.807) is 24.5 Å². The van der Waals surface area contributed by atoms with Gasteiger partial charge in [-0.1, -0.05) is 34.8 Å². The van der Waals surface area contributed by atoms with Crippen LogP contribution in [0.5, 0.6) is 5.88 Å². The fourth-order valence-electron chi connectivity index (χ4n) is 1.32. The summed E-state index contributed by atoms with van der Waals surface area (Å²) in [5.74, 6) is 0.383. The molecule has 0 bridgehead atoms. The van der Waals surface area contributed by atoms with E-state index in [1.807, 2.05) is 6.92 Å². The van der Waals surface area contributed by atoms with Gasteiger partial charge in [0, 0.05) is 18.0 Å². The van der Waals surface area contributed by atoms with Crippen molar-refractivity contribution in [3.05, 3.63) is 50.9 Å². The third-order valence-corrected chi connectivity index (χ3v) is 3.13. The normalized spacial score (nSPS) is 10.4. The van der Waals surface area contributed by atoms with Crippen molar-refractivity contribution in [1.29, 1.82) is 0 Å². The van der Waals surface area contributed by atoms with E-state index in [4.69, 9.17) is 39.5 Å². The Hall–Kier alpha value is -1.03. The Bertz CT molecular complexity index is 575. The third-order valence-electron chi connectivity index (χ3n) is 2.17. The molecule has 0 N–H and O–H groups in total. The molecule has 2 rings (SSSR count). The van der Waals surface area contributed by atoms with Crippen molar-refractivity contribution < 1.29 is 4.74 Å². The SMILES string of the molecule is Cc1cnc(OCc2cnc(Cl)c(Cl)c2)c(Cl)c1. The Labute approximate surface area is 120 Å². The van der Waals surface area contributed by atoms with Crippen LogP contribution in [0.25, 0.3) is 0 Å². The average Bonchev–Trinajstić information content (AvgIpc) is 2.32. The zero-order valence-electron chi connectivity index (χ0n) is 9.45. The molecule has 6 heteroatoms. The van der Waals surface area contributed by atoms with E-state index in [0.717, 1.165) is 11.1 Å². The average molecular weight is 304 g/mol. The molecule has 0 aliphatic carbocycles. The first-order valence-electron chi connectivity index (χ1n) is 5.11. The van der Waals surface area contributed by atoms with Gasteiger partial charge in [-0.15, -0.1) is 0 Å². The van der Waals surface area contributed by atoms with Crippen LogP contribution < -0.4 is 4.74 Å². The number of pyridine rings is 2. The smallest absolute Gasteiger partial charge is 0.232 e. The molecule has 0 saturated carbocycles. The molecule has 94 valence electrons. The lowest BCUT2D eigenvalue weighted by Gasteiger charge is -2.07. The van der Waals surface area contributed by atoms with Crippen LogP contribution in [0.15, 0.2) is 24.5 Å². The zero-order chi connectivity index (χ0) is 13.1. The summed E-state index contributed by atoms with van der Waals surface area (Å²) in [4.78, 5) is 8.03. The Kier molecular flexibility index (Phi) is 4.27. The van der Waals surface area contributed by atoms with Gasteiger partial charge in [0.05, 0.1) is 5.02 Å². The van der Waals surface area contributed by atoms with E-state index in [1.165, 1.54) is 0 Å². The first-order valence-corrected chi connectivity index (χ1v) is 6.24. The van der Waals surface area contributed by atoms with Gasteiger partial charge >= 0.3 is 0 Å². The lowest BCUT2D eigenvalue weighted by molar-refractivity contribution is 0.293. The van der Waals surface area contributed by atoms with Crippen LogP contribution in [0.2, 0.25) is 15.2 Å². The van der Waals surface area contributed by atoms with Gasteiger partial charge in [0.15, 0.2) is 0 Å². The lowest BCUT2D eigenvalue weighted by atomic mass is 10.3. The second-order valence-corrected chi connectivity index (χ2v) is 4.88. The summed E-state index contributed by atoms with van der Waals surface area (Å²) in [6.45, 7) is 2.19. The number of hydrogen-bond acceptors (Lipinski definition) is 3. The third kappa shape index (κ3) is 3.25. The van der Waals surface area contributed by atoms with E-state index in [-0.39, 0.29) is 11.8 Å². The number of hydrogen-bond donors (Lipinski definition) is 0. The van der Waals surface area contributed by atoms with Gasteiger partial charge in [-0.3, -0.25) is 0 Å². The molecule has 0 aliphatic rings. The van der Waals surface area contributed by atoms with Crippen molar-refractivity contribution in [2.24, 2.45) is 0 Å². The van der Waals surface area contributed by atoms with Gasteiger partial charge in [0.2, 0.25) is 5.88 Å². The van der Waals surface area contributed by atoms with E-state index in [0.29, 0.717) is 15.9 Å². The zero-order valence-corrected chi connectivity index (χ0v) is 11.7. The van der Waals surface area contributed by atoms with E-state index < -0.39 is 0 Å². The summed E-state index contributed by atoms with van der Waals surface area (Å²) in [5.41, 5.74) is 1.77. The standard InChI is InChI=1S/C12H9Cl3N2O/c1-7-2-10(14)12(17-4-7)18-6-8-3-9(13)11(15)16-5-8/h2-5H,6H2,1H3. The number of ether oxygens (including phenoxy) is 1. The van der Waals surface area contributed by atoms with Crippen molar-refractivity contribution in [3.63, 3.8) is 0 Å². The topological polar surface area (TPSA) is 35.0 Å². The number of aryl methyl sites for hydroxylation is 1. The monoisotopic (exact) mass is 302 g/mol. The molecule has 2 aromatic rings. The van der Waals surface area contributed by atoms with Crippen molar-refractivity contribution in [3.8, 4) is 5.88 Å². The second-order valence-electron chi connectivity index (χ2n) is 3.70. The summed E-state index contributed by atoms with van der Waals surface area (Å²) in [7, 11) is 0. The molecule has 2 aromatic heterocycles. The highest BCUT2D eigenvalue weighted by Crippen LogP contribution is 2.24. The molecule has 0 saturated heterocycles. The summed E-state index contributed by atoms with van der Waals surface area (Å²) >= 11 is 17.6. The van der Waals surface area contributed by atoms with Gasteiger partial charge in [-0.25, -0.2) is 9.97 Å². The minimum atomic E-state index is 0.270. The number of halogens is 3. The van der Waals surface area contributed by atoms with Crippen molar-refractivity contribution in [1.82, 2.24) is 9.97 Å². The van der Waals surface area contributed by atoms with Gasteiger partial charge in [-0.2, -0.15) is 0 Å². The highest BCUT2D eigenvalue weighted by molar-refractivity contribution is 6.41. The molecular formula is C12H9Cl3N2O. The molecule has 0 atom stereocenters. The summed E-state index contributed by atoms with van der Waals surface area (Å²) in [6, 6.07) is 3.48. The molecule has 3 nitrogen and oxygen atoms in total. The van der Waals surface area contributed by atoms with E-state index in [9.17, 15) is 0 Å². The first-order chi connectivity index (χ1) is 8.56. The van der Waals surface area contributed by atoms with Crippen molar-refractivity contribution in [2.75, 3.05) is 0 Å². The molecule has 0 spiro atoms. The fraction of sp³-hybridized carbons (Fsp3) is 0.167. The maximum atomic E-state index is 6.00. The molecule has 0 aliphatic heterocycles. The largest absolute Gasteiger partial charge is 0.472 e. The number of nitrogens with zero attached hydrogens (tertiary/aromatic N) is 2. The maximum Gasteiger partial charge on any atom is 0.232 e. The predicted octanol–water partition coefficient (Wildman–Crippen LogP) is 4.32. The Morgan fingerprint density at radius 3 is 2.50 bits per heavy atom. The minimum Gasteiger partial charge on any atom is -0.472 e. The van der Waals surface area contributed by atoms with Gasteiger partial charge < -0.3 is 4.74 Å². The van der Waals surface area contributed by atoms with Crippen LogP contribution in [0.1, 0.15) is 11.1 Å². The first kappa shape index (κ1) is 13.4. The Morgan fingerprint density at radius 1 is 1.06 bits per heavy atom. The summed E-state index contributed by atoms with van der Waals surface area (Å²) in [5, 5.41) is 1.13. The summed E-state index contributed by atoms with van der Waals surface area (Å²) in [6.07, 6.45) is 3.28. The molecule has 2 heterocycles. The van der Waals surface area contributed by atoms with Crippen LogP contribution in [-0.4, -0.2) is 9.97 Å². The van der Waals surface area contributed by atoms with Crippen LogP contribution in [0.4, 0.5) is 0 Å². The minimum absolute atomic E-state index is 0.270. The number of rotatable bonds is 3. The molecule has 18 heavy (non-hydrogen) atoms. The van der Waals surface area contributed by atoms with Crippen LogP contribution in [-0.2, 0) is 6.61 Å². The van der Waals surface area contributed by atoms with Gasteiger partial charge in [-0.05, 0) is 24.6 Å². The maximum absolute atomic E-state index is 6.00. The van der Waals surface area contributed by atoms with E-state index >= 15 is 0 Å². The Morgan fingerprint density at radius 2 is 1.83 bits per heavy atom. The summed E-state index contributed by atoms with van der Waals surface area (Å²) < 4.78 is 5.49. The number of aromatic nitrogens is 2. The molecular weight excluding hydrogens is 295 g/mol. The quantitative estimate of drug-likeness (QED) is 0.792. The van der Waals surface area contributed by atoms with Crippen LogP contribution in [0, 0.1) is 6.92 Å². The second kappa shape index (κ2) is 5.74. The molecule has 0 fully saturated rings. The Balaban J connectivity index is 2.09. The van der Waals surface area contributed by atoms with E-state index in [2.05, 4.69) is 9.97 Å². The van der Waals surface area contributed by atoms with Crippen LogP contribution >= 0.6 is 34.8 Å². The molecule has 0 amide bonds. The molecule has 0 aromatic carbocycles. The van der Waals surface area contributed by atoms with Crippen molar-refractivity contribution in [2.45, 2.75) is 13.5 Å². The highest BCUT2D eigenvalue weighted by Gasteiger charge is 2.05. The lowest BCUT2D eigenvalue weighted by Crippen LogP contribution is -1.99. The van der Waals surface area contributed by atoms with Crippen molar-refractivity contribution >= 4 is 34.8 Å². The molecule has 0 radical (unpaired) electrons. The predicted molar refractivity (Wildman–Crippen MR) is 72.6 cm³/mol.